The van der Waals surface area contributed by atoms with Gasteiger partial charge in [0.05, 0.1) is 23.1 Å². The molecule has 0 amide bonds. The molecule has 2 aromatic rings. The minimum Gasteiger partial charge on any atom is -0.462 e. The Morgan fingerprint density at radius 1 is 0.806 bits per heavy atom. The minimum atomic E-state index is -6.00. The molecule has 0 heterocycles. The van der Waals surface area contributed by atoms with E-state index in [2.05, 4.69) is 44.2 Å². The number of unbranched alkanes of at least 4 members (excludes halogenated alkanes) is 9. The monoisotopic (exact) mass is 528 g/mol. The second-order valence-corrected chi connectivity index (χ2v) is 10.9. The van der Waals surface area contributed by atoms with Gasteiger partial charge in [0.25, 0.3) is 0 Å². The van der Waals surface area contributed by atoms with Gasteiger partial charge >= 0.3 is 13.2 Å². The van der Waals surface area contributed by atoms with Crippen LogP contribution in [0, 0.1) is 6.92 Å². The van der Waals surface area contributed by atoms with Crippen molar-refractivity contribution in [1.82, 2.24) is 0 Å². The second-order valence-electron chi connectivity index (χ2n) is 8.79. The van der Waals surface area contributed by atoms with Crippen LogP contribution in [0.25, 0.3) is 0 Å². The third-order valence-corrected chi connectivity index (χ3v) is 8.20. The Kier molecular flexibility index (Phi) is 16.3. The Morgan fingerprint density at radius 2 is 1.36 bits per heavy atom. The minimum absolute atomic E-state index is 0.0140. The molecule has 2 aromatic carbocycles. The molecular weight excluding hydrogens is 487 g/mol. The molecule has 2 nitrogen and oxygen atoms in total. The van der Waals surface area contributed by atoms with Crippen molar-refractivity contribution in [3.8, 4) is 0 Å². The molecule has 1 atom stereocenters. The van der Waals surface area contributed by atoms with Gasteiger partial charge in [-0.25, -0.2) is 4.79 Å². The summed E-state index contributed by atoms with van der Waals surface area (Å²) in [6.07, 6.45) is 13.5. The summed E-state index contributed by atoms with van der Waals surface area (Å²) in [7, 11) is -6.01. The largest absolute Gasteiger partial charge is 0.673 e. The third-order valence-electron chi connectivity index (χ3n) is 5.69. The number of benzene rings is 2. The summed E-state index contributed by atoms with van der Waals surface area (Å²) >= 11 is 0. The van der Waals surface area contributed by atoms with Gasteiger partial charge in [0.1, 0.15) is 5.75 Å². The molecule has 0 aromatic heterocycles. The SMILES string of the molecule is CCCCCCCCCCCC[S+](c1cccc(C(=O)OCC)c1)c1ccccc1C.F[B-](F)(F)F. The normalized spacial score (nSPS) is 12.0. The van der Waals surface area contributed by atoms with E-state index in [1.807, 2.05) is 25.1 Å². The van der Waals surface area contributed by atoms with Gasteiger partial charge in [-0.05, 0) is 44.9 Å². The highest BCUT2D eigenvalue weighted by atomic mass is 32.2. The number of rotatable bonds is 15. The number of hydrogen-bond acceptors (Lipinski definition) is 2. The Balaban J connectivity index is 0.00000118. The van der Waals surface area contributed by atoms with E-state index in [0.717, 1.165) is 5.75 Å². The molecule has 8 heteroatoms. The van der Waals surface area contributed by atoms with Crippen LogP contribution in [0.4, 0.5) is 17.3 Å². The van der Waals surface area contributed by atoms with Crippen LogP contribution in [0.3, 0.4) is 0 Å². The Bertz CT molecular complexity index is 871. The van der Waals surface area contributed by atoms with Gasteiger partial charge in [-0.1, -0.05) is 82.6 Å². The lowest BCUT2D eigenvalue weighted by molar-refractivity contribution is 0.0526. The maximum absolute atomic E-state index is 12.2. The van der Waals surface area contributed by atoms with Gasteiger partial charge in [-0.2, -0.15) is 0 Å². The van der Waals surface area contributed by atoms with Gasteiger partial charge in [-0.15, -0.1) is 0 Å². The summed E-state index contributed by atoms with van der Waals surface area (Å²) in [6, 6.07) is 16.8. The van der Waals surface area contributed by atoms with Crippen molar-refractivity contribution in [1.29, 1.82) is 0 Å². The van der Waals surface area contributed by atoms with Crippen LogP contribution in [0.2, 0.25) is 0 Å². The molecule has 202 valence electrons. The molecule has 0 fully saturated rings. The molecule has 0 saturated heterocycles. The quantitative estimate of drug-likeness (QED) is 0.0757. The molecule has 0 aliphatic rings. The van der Waals surface area contributed by atoms with Crippen LogP contribution in [0.5, 0.6) is 0 Å². The highest BCUT2D eigenvalue weighted by Crippen LogP contribution is 2.28. The van der Waals surface area contributed by atoms with Crippen molar-refractivity contribution in [2.75, 3.05) is 12.4 Å². The molecule has 0 radical (unpaired) electrons. The lowest BCUT2D eigenvalue weighted by atomic mass is 10.1. The molecule has 0 saturated carbocycles. The third kappa shape index (κ3) is 14.6. The predicted molar refractivity (Wildman–Crippen MR) is 144 cm³/mol. The fourth-order valence-corrected chi connectivity index (χ4v) is 6.33. The van der Waals surface area contributed by atoms with Gasteiger partial charge in [0.2, 0.25) is 0 Å². The van der Waals surface area contributed by atoms with Crippen molar-refractivity contribution in [3.63, 3.8) is 0 Å². The van der Waals surface area contributed by atoms with Crippen molar-refractivity contribution in [3.05, 3.63) is 59.7 Å². The highest BCUT2D eigenvalue weighted by Gasteiger charge is 2.27. The first-order chi connectivity index (χ1) is 17.2. The lowest BCUT2D eigenvalue weighted by Crippen LogP contribution is -2.12. The number of carbonyl (C=O) groups is 1. The number of hydrogen-bond donors (Lipinski definition) is 0. The fraction of sp³-hybridized carbons (Fsp3) is 0.536. The highest BCUT2D eigenvalue weighted by molar-refractivity contribution is 7.97. The van der Waals surface area contributed by atoms with E-state index in [-0.39, 0.29) is 16.9 Å². The average Bonchev–Trinajstić information content (AvgIpc) is 2.82. The van der Waals surface area contributed by atoms with E-state index in [0.29, 0.717) is 12.2 Å². The van der Waals surface area contributed by atoms with E-state index in [4.69, 9.17) is 4.74 Å². The topological polar surface area (TPSA) is 26.3 Å². The Morgan fingerprint density at radius 3 is 1.92 bits per heavy atom. The zero-order valence-corrected chi connectivity index (χ0v) is 22.7. The number of ether oxygens (including phenoxy) is 1. The molecule has 1 unspecified atom stereocenters. The molecule has 0 bridgehead atoms. The van der Waals surface area contributed by atoms with Crippen LogP contribution in [-0.2, 0) is 15.6 Å². The molecule has 0 spiro atoms. The first-order valence-electron chi connectivity index (χ1n) is 13.1. The van der Waals surface area contributed by atoms with Crippen molar-refractivity contribution in [2.24, 2.45) is 0 Å². The van der Waals surface area contributed by atoms with Gasteiger partial charge < -0.3 is 22.0 Å². The van der Waals surface area contributed by atoms with Crippen LogP contribution < -0.4 is 0 Å². The van der Waals surface area contributed by atoms with Crippen LogP contribution >= 0.6 is 0 Å². The van der Waals surface area contributed by atoms with E-state index >= 15 is 0 Å². The van der Waals surface area contributed by atoms with E-state index < -0.39 is 7.25 Å². The smallest absolute Gasteiger partial charge is 0.462 e. The first-order valence-corrected chi connectivity index (χ1v) is 14.5. The summed E-state index contributed by atoms with van der Waals surface area (Å²) < 4.78 is 44.2. The molecule has 0 aliphatic carbocycles. The van der Waals surface area contributed by atoms with Crippen LogP contribution in [0.15, 0.2) is 58.3 Å². The van der Waals surface area contributed by atoms with Crippen molar-refractivity contribution >= 4 is 24.1 Å². The summed E-state index contributed by atoms with van der Waals surface area (Å²) in [4.78, 5) is 14.9. The molecule has 36 heavy (non-hydrogen) atoms. The van der Waals surface area contributed by atoms with E-state index in [9.17, 15) is 22.1 Å². The molecular formula is C28H41BF4O2S. The number of aryl methyl sites for hydroxylation is 1. The van der Waals surface area contributed by atoms with E-state index in [1.165, 1.54) is 79.6 Å². The van der Waals surface area contributed by atoms with Crippen LogP contribution in [-0.4, -0.2) is 25.6 Å². The number of halogens is 4. The number of carbonyl (C=O) groups excluding carboxylic acids is 1. The molecule has 0 aliphatic heterocycles. The maximum atomic E-state index is 12.2. The van der Waals surface area contributed by atoms with Crippen LogP contribution in [0.1, 0.15) is 94.0 Å². The van der Waals surface area contributed by atoms with Gasteiger partial charge in [-0.3, -0.25) is 0 Å². The second kappa shape index (κ2) is 18.3. The lowest BCUT2D eigenvalue weighted by Gasteiger charge is -2.11. The van der Waals surface area contributed by atoms with Crippen molar-refractivity contribution in [2.45, 2.75) is 94.8 Å². The summed E-state index contributed by atoms with van der Waals surface area (Å²) in [5.74, 6) is 0.921. The van der Waals surface area contributed by atoms with Gasteiger partial charge in [0.15, 0.2) is 9.79 Å². The Labute approximate surface area is 217 Å². The van der Waals surface area contributed by atoms with Gasteiger partial charge in [0, 0.05) is 11.6 Å². The summed E-state index contributed by atoms with van der Waals surface area (Å²) in [6.45, 7) is 6.73. The average molecular weight is 529 g/mol. The molecule has 2 rings (SSSR count). The number of esters is 1. The first kappa shape index (κ1) is 32.1. The maximum Gasteiger partial charge on any atom is 0.673 e. The summed E-state index contributed by atoms with van der Waals surface area (Å²) in [5, 5.41) is 0. The zero-order valence-electron chi connectivity index (χ0n) is 21.9. The standard InChI is InChI=1S/C28H41O2S.BF4/c1-4-6-7-8-9-10-11-12-13-16-22-31(27-21-15-14-18-24(27)3)26-20-17-19-25(23-26)28(29)30-5-2;2-1(3,4)5/h14-15,17-21,23H,4-13,16,22H2,1-3H3;/q+1;-1. The predicted octanol–water partition coefficient (Wildman–Crippen LogP) is 9.43. The van der Waals surface area contributed by atoms with Crippen molar-refractivity contribution < 1.29 is 26.8 Å². The fourth-order valence-electron chi connectivity index (χ4n) is 3.91. The van der Waals surface area contributed by atoms with E-state index in [1.54, 1.807) is 0 Å². The molecule has 0 N–H and O–H groups in total. The Hall–Kier alpha value is -1.96. The zero-order chi connectivity index (χ0) is 26.8. The summed E-state index contributed by atoms with van der Waals surface area (Å²) in [5.41, 5.74) is 1.99.